The Morgan fingerprint density at radius 1 is 1.22 bits per heavy atom. The molecule has 3 aromatic rings. The first-order valence-electron chi connectivity index (χ1n) is 8.62. The average molecular weight is 379 g/mol. The van der Waals surface area contributed by atoms with Crippen LogP contribution in [0.4, 0.5) is 0 Å². The van der Waals surface area contributed by atoms with Crippen LogP contribution in [0.1, 0.15) is 12.5 Å². The van der Waals surface area contributed by atoms with Crippen molar-refractivity contribution in [1.82, 2.24) is 25.1 Å². The lowest BCUT2D eigenvalue weighted by Crippen LogP contribution is -2.30. The lowest BCUT2D eigenvalue weighted by molar-refractivity contribution is -0.120. The van der Waals surface area contributed by atoms with Gasteiger partial charge in [0.2, 0.25) is 5.91 Å². The number of pyridine rings is 1. The molecule has 1 amide bonds. The number of hydrogen-bond donors (Lipinski definition) is 1. The molecule has 6 nitrogen and oxygen atoms in total. The molecular weight excluding hydrogens is 358 g/mol. The predicted octanol–water partition coefficient (Wildman–Crippen LogP) is 3.32. The molecule has 0 spiro atoms. The minimum Gasteiger partial charge on any atom is -0.351 e. The molecule has 3 rings (SSSR count). The maximum absolute atomic E-state index is 12.4. The van der Waals surface area contributed by atoms with Crippen LogP contribution in [-0.2, 0) is 17.9 Å². The van der Waals surface area contributed by atoms with Crippen molar-refractivity contribution in [3.63, 3.8) is 0 Å². The van der Waals surface area contributed by atoms with Crippen LogP contribution in [0.3, 0.4) is 0 Å². The zero-order valence-electron chi connectivity index (χ0n) is 15.1. The van der Waals surface area contributed by atoms with Gasteiger partial charge in [0.15, 0.2) is 11.0 Å². The molecule has 1 atom stereocenters. The highest BCUT2D eigenvalue weighted by Gasteiger charge is 2.20. The molecular formula is C20H21N5OS. The van der Waals surface area contributed by atoms with Crippen LogP contribution in [0.5, 0.6) is 0 Å². The Hall–Kier alpha value is -2.93. The van der Waals surface area contributed by atoms with Crippen molar-refractivity contribution in [3.05, 3.63) is 73.1 Å². The minimum absolute atomic E-state index is 0.0394. The van der Waals surface area contributed by atoms with Gasteiger partial charge in [0.05, 0.1) is 5.25 Å². The standard InChI is InChI=1S/C20H21N5OS/c1-3-13-25-18(17-9-11-21-12-10-17)23-24-20(25)27-15(2)19(26)22-14-16-7-5-4-6-8-16/h3-12,15H,1,13-14H2,2H3,(H,22,26). The molecule has 0 saturated heterocycles. The van der Waals surface area contributed by atoms with Gasteiger partial charge < -0.3 is 5.32 Å². The molecule has 0 aliphatic rings. The van der Waals surface area contributed by atoms with Gasteiger partial charge in [0.25, 0.3) is 0 Å². The van der Waals surface area contributed by atoms with Crippen molar-refractivity contribution < 1.29 is 4.79 Å². The van der Waals surface area contributed by atoms with Crippen LogP contribution in [0.2, 0.25) is 0 Å². The lowest BCUT2D eigenvalue weighted by atomic mass is 10.2. The number of nitrogens with one attached hydrogen (secondary N) is 1. The Labute approximate surface area is 162 Å². The van der Waals surface area contributed by atoms with Gasteiger partial charge in [0, 0.05) is 31.0 Å². The van der Waals surface area contributed by atoms with E-state index in [-0.39, 0.29) is 11.2 Å². The highest BCUT2D eigenvalue weighted by atomic mass is 32.2. The van der Waals surface area contributed by atoms with Crippen molar-refractivity contribution in [2.24, 2.45) is 0 Å². The van der Waals surface area contributed by atoms with Crippen molar-refractivity contribution in [1.29, 1.82) is 0 Å². The third kappa shape index (κ3) is 4.83. The number of allylic oxidation sites excluding steroid dienone is 1. The van der Waals surface area contributed by atoms with Gasteiger partial charge in [-0.2, -0.15) is 0 Å². The second-order valence-electron chi connectivity index (χ2n) is 5.90. The summed E-state index contributed by atoms with van der Waals surface area (Å²) >= 11 is 1.38. The van der Waals surface area contributed by atoms with Gasteiger partial charge >= 0.3 is 0 Å². The third-order valence-electron chi connectivity index (χ3n) is 3.93. The maximum Gasteiger partial charge on any atom is 0.233 e. The smallest absolute Gasteiger partial charge is 0.233 e. The summed E-state index contributed by atoms with van der Waals surface area (Å²) in [7, 11) is 0. The maximum atomic E-state index is 12.4. The van der Waals surface area contributed by atoms with E-state index in [0.717, 1.165) is 17.0 Å². The molecule has 7 heteroatoms. The molecule has 1 unspecified atom stereocenters. The molecule has 2 aromatic heterocycles. The van der Waals surface area contributed by atoms with E-state index in [0.29, 0.717) is 18.2 Å². The first-order valence-corrected chi connectivity index (χ1v) is 9.49. The molecule has 0 saturated carbocycles. The van der Waals surface area contributed by atoms with E-state index < -0.39 is 0 Å². The topological polar surface area (TPSA) is 72.7 Å². The lowest BCUT2D eigenvalue weighted by Gasteiger charge is -2.13. The fraction of sp³-hybridized carbons (Fsp3) is 0.200. The zero-order chi connectivity index (χ0) is 19.1. The van der Waals surface area contributed by atoms with Crippen LogP contribution in [0, 0.1) is 0 Å². The first-order chi connectivity index (χ1) is 13.2. The van der Waals surface area contributed by atoms with Gasteiger partial charge in [-0.25, -0.2) is 0 Å². The number of carbonyl (C=O) groups is 1. The Morgan fingerprint density at radius 3 is 2.67 bits per heavy atom. The Balaban J connectivity index is 1.70. The van der Waals surface area contributed by atoms with Crippen molar-refractivity contribution >= 4 is 17.7 Å². The highest BCUT2D eigenvalue weighted by Crippen LogP contribution is 2.26. The van der Waals surface area contributed by atoms with E-state index in [1.165, 1.54) is 11.8 Å². The van der Waals surface area contributed by atoms with Gasteiger partial charge in [-0.3, -0.25) is 14.3 Å². The van der Waals surface area contributed by atoms with Crippen molar-refractivity contribution in [2.75, 3.05) is 0 Å². The number of rotatable bonds is 8. The van der Waals surface area contributed by atoms with Crippen LogP contribution in [0.25, 0.3) is 11.4 Å². The summed E-state index contributed by atoms with van der Waals surface area (Å²) in [6.07, 6.45) is 5.22. The largest absolute Gasteiger partial charge is 0.351 e. The molecule has 0 aliphatic carbocycles. The monoisotopic (exact) mass is 379 g/mol. The van der Waals surface area contributed by atoms with E-state index in [9.17, 15) is 4.79 Å². The summed E-state index contributed by atoms with van der Waals surface area (Å²) in [6, 6.07) is 13.6. The molecule has 0 radical (unpaired) electrons. The summed E-state index contributed by atoms with van der Waals surface area (Å²) in [4.78, 5) is 16.5. The second kappa shape index (κ2) is 9.14. The summed E-state index contributed by atoms with van der Waals surface area (Å²) in [5.74, 6) is 0.694. The fourth-order valence-corrected chi connectivity index (χ4v) is 3.41. The van der Waals surface area contributed by atoms with Crippen LogP contribution < -0.4 is 5.32 Å². The quantitative estimate of drug-likeness (QED) is 0.480. The molecule has 0 fully saturated rings. The van der Waals surface area contributed by atoms with E-state index in [4.69, 9.17) is 0 Å². The number of carbonyl (C=O) groups excluding carboxylic acids is 1. The highest BCUT2D eigenvalue weighted by molar-refractivity contribution is 8.00. The normalized spacial score (nSPS) is 11.7. The van der Waals surface area contributed by atoms with E-state index >= 15 is 0 Å². The average Bonchev–Trinajstić information content (AvgIpc) is 3.10. The minimum atomic E-state index is -0.299. The molecule has 1 aromatic carbocycles. The predicted molar refractivity (Wildman–Crippen MR) is 107 cm³/mol. The number of benzene rings is 1. The van der Waals surface area contributed by atoms with E-state index in [2.05, 4.69) is 27.1 Å². The first kappa shape index (κ1) is 18.8. The van der Waals surface area contributed by atoms with E-state index in [1.54, 1.807) is 18.5 Å². The molecule has 0 bridgehead atoms. The third-order valence-corrected chi connectivity index (χ3v) is 5.01. The van der Waals surface area contributed by atoms with Gasteiger partial charge in [-0.05, 0) is 24.6 Å². The number of nitrogens with zero attached hydrogens (tertiary/aromatic N) is 4. The van der Waals surface area contributed by atoms with Crippen LogP contribution >= 0.6 is 11.8 Å². The number of aromatic nitrogens is 4. The van der Waals surface area contributed by atoms with E-state index in [1.807, 2.05) is 54.0 Å². The SMILES string of the molecule is C=CCn1c(SC(C)C(=O)NCc2ccccc2)nnc1-c1ccncc1. The molecule has 2 heterocycles. The molecule has 138 valence electrons. The van der Waals surface area contributed by atoms with Crippen molar-refractivity contribution in [2.45, 2.75) is 30.4 Å². The molecule has 27 heavy (non-hydrogen) atoms. The van der Waals surface area contributed by atoms with Crippen LogP contribution in [-0.4, -0.2) is 30.9 Å². The summed E-state index contributed by atoms with van der Waals surface area (Å²) in [5.41, 5.74) is 1.99. The zero-order valence-corrected chi connectivity index (χ0v) is 15.9. The number of amides is 1. The number of hydrogen-bond acceptors (Lipinski definition) is 5. The Morgan fingerprint density at radius 2 is 1.96 bits per heavy atom. The second-order valence-corrected chi connectivity index (χ2v) is 7.21. The Bertz CT molecular complexity index is 895. The summed E-state index contributed by atoms with van der Waals surface area (Å²) in [6.45, 7) is 6.74. The van der Waals surface area contributed by atoms with Gasteiger partial charge in [-0.1, -0.05) is 48.2 Å². The fourth-order valence-electron chi connectivity index (χ4n) is 2.52. The number of thioether (sulfide) groups is 1. The summed E-state index contributed by atoms with van der Waals surface area (Å²) in [5, 5.41) is 11.9. The Kier molecular flexibility index (Phi) is 6.38. The van der Waals surface area contributed by atoms with Crippen molar-refractivity contribution in [3.8, 4) is 11.4 Å². The molecule has 0 aliphatic heterocycles. The summed E-state index contributed by atoms with van der Waals surface area (Å²) < 4.78 is 1.95. The molecule has 1 N–H and O–H groups in total. The van der Waals surface area contributed by atoms with Gasteiger partial charge in [0.1, 0.15) is 0 Å². The van der Waals surface area contributed by atoms with Crippen LogP contribution in [0.15, 0.2) is 72.7 Å². The van der Waals surface area contributed by atoms with Gasteiger partial charge in [-0.15, -0.1) is 16.8 Å².